The van der Waals surface area contributed by atoms with Gasteiger partial charge in [-0.3, -0.25) is 0 Å². The second-order valence-corrected chi connectivity index (χ2v) is 7.30. The Balaban J connectivity index is 1.26. The predicted octanol–water partition coefficient (Wildman–Crippen LogP) is 1.28. The van der Waals surface area contributed by atoms with Crippen LogP contribution in [0.5, 0.6) is 0 Å². The Morgan fingerprint density at radius 3 is 2.85 bits per heavy atom. The standard InChI is InChI=1S/C18H19NO6S/c20-15-3-6-19(18(15)24-16(21)17(22)25-18)7-9-23-8-4-12-1-2-14-13(11-12)5-10-26-14/h1-2,5,10-11,15,20H,3-4,6-9H2/t15-/m1/s1. The van der Waals surface area contributed by atoms with Crippen molar-refractivity contribution in [3.63, 3.8) is 0 Å². The van der Waals surface area contributed by atoms with Crippen molar-refractivity contribution in [1.82, 2.24) is 4.90 Å². The van der Waals surface area contributed by atoms with E-state index in [1.54, 1.807) is 16.2 Å². The first-order chi connectivity index (χ1) is 12.6. The van der Waals surface area contributed by atoms with Crippen LogP contribution in [0.4, 0.5) is 0 Å². The molecular formula is C18H19NO6S. The van der Waals surface area contributed by atoms with Gasteiger partial charge in [-0.15, -0.1) is 11.3 Å². The number of nitrogens with zero attached hydrogens (tertiary/aromatic N) is 1. The van der Waals surface area contributed by atoms with Gasteiger partial charge in [-0.05, 0) is 41.3 Å². The molecule has 7 nitrogen and oxygen atoms in total. The number of hydrogen-bond donors (Lipinski definition) is 1. The van der Waals surface area contributed by atoms with E-state index in [0.717, 1.165) is 6.42 Å². The van der Waals surface area contributed by atoms with Gasteiger partial charge in [0.1, 0.15) is 6.10 Å². The number of hydrogen-bond acceptors (Lipinski definition) is 8. The molecule has 2 saturated heterocycles. The van der Waals surface area contributed by atoms with E-state index < -0.39 is 24.0 Å². The number of ether oxygens (including phenoxy) is 3. The predicted molar refractivity (Wildman–Crippen MR) is 93.5 cm³/mol. The zero-order valence-corrected chi connectivity index (χ0v) is 14.9. The third-order valence-corrected chi connectivity index (χ3v) is 5.63. The minimum Gasteiger partial charge on any atom is -0.397 e. The summed E-state index contributed by atoms with van der Waals surface area (Å²) in [6, 6.07) is 8.49. The molecule has 1 aromatic heterocycles. The van der Waals surface area contributed by atoms with Gasteiger partial charge in [0.25, 0.3) is 0 Å². The molecule has 0 bridgehead atoms. The molecule has 8 heteroatoms. The summed E-state index contributed by atoms with van der Waals surface area (Å²) in [5, 5.41) is 13.4. The molecule has 26 heavy (non-hydrogen) atoms. The fourth-order valence-electron chi connectivity index (χ4n) is 3.37. The summed E-state index contributed by atoms with van der Waals surface area (Å²) < 4.78 is 17.0. The number of aliphatic hydroxyl groups is 1. The Labute approximate surface area is 154 Å². The number of likely N-dealkylation sites (tertiary alicyclic amines) is 1. The number of rotatable bonds is 6. The van der Waals surface area contributed by atoms with Crippen LogP contribution in [0.25, 0.3) is 10.1 Å². The van der Waals surface area contributed by atoms with Crippen molar-refractivity contribution in [2.75, 3.05) is 26.3 Å². The summed E-state index contributed by atoms with van der Waals surface area (Å²) >= 11 is 1.72. The van der Waals surface area contributed by atoms with E-state index >= 15 is 0 Å². The van der Waals surface area contributed by atoms with Crippen LogP contribution in [0.15, 0.2) is 29.6 Å². The lowest BCUT2D eigenvalue weighted by Gasteiger charge is -2.32. The largest absolute Gasteiger partial charge is 0.422 e. The molecule has 0 aliphatic carbocycles. The lowest BCUT2D eigenvalue weighted by Crippen LogP contribution is -2.52. The second kappa shape index (κ2) is 6.96. The van der Waals surface area contributed by atoms with E-state index in [1.807, 2.05) is 0 Å². The average Bonchev–Trinajstić information content (AvgIpc) is 3.29. The molecule has 1 spiro atoms. The molecule has 138 valence electrons. The molecule has 0 saturated carbocycles. The Kier molecular flexibility index (Phi) is 4.66. The first-order valence-corrected chi connectivity index (χ1v) is 9.40. The van der Waals surface area contributed by atoms with Crippen molar-refractivity contribution < 1.29 is 28.9 Å². The highest BCUT2D eigenvalue weighted by Gasteiger charge is 2.61. The quantitative estimate of drug-likeness (QED) is 0.461. The molecule has 1 N–H and O–H groups in total. The molecule has 4 rings (SSSR count). The third kappa shape index (κ3) is 3.09. The van der Waals surface area contributed by atoms with Crippen LogP contribution < -0.4 is 0 Å². The van der Waals surface area contributed by atoms with Gasteiger partial charge >= 0.3 is 17.8 Å². The molecule has 2 aromatic rings. The Hall–Kier alpha value is -2.00. The number of carbonyl (C=O) groups excluding carboxylic acids is 2. The van der Waals surface area contributed by atoms with Gasteiger partial charge in [0.2, 0.25) is 0 Å². The van der Waals surface area contributed by atoms with Crippen molar-refractivity contribution in [2.45, 2.75) is 24.9 Å². The van der Waals surface area contributed by atoms with Crippen LogP contribution in [0.1, 0.15) is 12.0 Å². The number of aliphatic hydroxyl groups excluding tert-OH is 1. The van der Waals surface area contributed by atoms with E-state index in [2.05, 4.69) is 29.6 Å². The van der Waals surface area contributed by atoms with E-state index in [4.69, 9.17) is 14.2 Å². The maximum atomic E-state index is 11.4. The molecule has 0 unspecified atom stereocenters. The summed E-state index contributed by atoms with van der Waals surface area (Å²) in [6.07, 6.45) is 0.111. The maximum absolute atomic E-state index is 11.4. The van der Waals surface area contributed by atoms with Crippen LogP contribution in [0.2, 0.25) is 0 Å². The monoisotopic (exact) mass is 377 g/mol. The number of thiophene rings is 1. The van der Waals surface area contributed by atoms with Gasteiger partial charge in [-0.1, -0.05) is 12.1 Å². The van der Waals surface area contributed by atoms with Gasteiger partial charge in [-0.2, -0.15) is 0 Å². The molecule has 2 fully saturated rings. The summed E-state index contributed by atoms with van der Waals surface area (Å²) in [5.41, 5.74) is 1.21. The highest BCUT2D eigenvalue weighted by atomic mass is 32.1. The molecule has 0 radical (unpaired) electrons. The highest BCUT2D eigenvalue weighted by Crippen LogP contribution is 2.36. The first kappa shape index (κ1) is 17.4. The van der Waals surface area contributed by atoms with Gasteiger partial charge < -0.3 is 19.3 Å². The lowest BCUT2D eigenvalue weighted by atomic mass is 10.1. The summed E-state index contributed by atoms with van der Waals surface area (Å²) in [7, 11) is 0. The molecule has 2 aliphatic rings. The van der Waals surface area contributed by atoms with Crippen molar-refractivity contribution >= 4 is 33.4 Å². The molecule has 3 heterocycles. The lowest BCUT2D eigenvalue weighted by molar-refractivity contribution is -0.269. The van der Waals surface area contributed by atoms with E-state index in [0.29, 0.717) is 32.7 Å². The number of fused-ring (bicyclic) bond motifs is 1. The normalized spacial score (nSPS) is 22.3. The zero-order chi connectivity index (χ0) is 18.1. The van der Waals surface area contributed by atoms with Crippen molar-refractivity contribution in [3.8, 4) is 0 Å². The number of benzene rings is 1. The first-order valence-electron chi connectivity index (χ1n) is 8.52. The van der Waals surface area contributed by atoms with Crippen LogP contribution in [0.3, 0.4) is 0 Å². The summed E-state index contributed by atoms with van der Waals surface area (Å²) in [4.78, 5) is 24.4. The molecule has 1 atom stereocenters. The van der Waals surface area contributed by atoms with Crippen molar-refractivity contribution in [1.29, 1.82) is 0 Å². The van der Waals surface area contributed by atoms with E-state index in [-0.39, 0.29) is 0 Å². The number of carbonyl (C=O) groups is 2. The van der Waals surface area contributed by atoms with Crippen LogP contribution in [-0.4, -0.2) is 60.3 Å². The molecular weight excluding hydrogens is 358 g/mol. The van der Waals surface area contributed by atoms with Crippen LogP contribution in [-0.2, 0) is 30.2 Å². The minimum absolute atomic E-state index is 0.362. The minimum atomic E-state index is -1.68. The van der Waals surface area contributed by atoms with Crippen LogP contribution in [0, 0.1) is 0 Å². The zero-order valence-electron chi connectivity index (χ0n) is 14.1. The van der Waals surface area contributed by atoms with Crippen molar-refractivity contribution in [3.05, 3.63) is 35.2 Å². The third-order valence-electron chi connectivity index (χ3n) is 4.74. The summed E-state index contributed by atoms with van der Waals surface area (Å²) in [5.74, 6) is -3.82. The van der Waals surface area contributed by atoms with Crippen LogP contribution >= 0.6 is 11.3 Å². The fraction of sp³-hybridized carbons (Fsp3) is 0.444. The second-order valence-electron chi connectivity index (χ2n) is 6.36. The molecule has 1 aromatic carbocycles. The van der Waals surface area contributed by atoms with Crippen molar-refractivity contribution in [2.24, 2.45) is 0 Å². The summed E-state index contributed by atoms with van der Waals surface area (Å²) in [6.45, 7) is 1.78. The van der Waals surface area contributed by atoms with Gasteiger partial charge in [-0.25, -0.2) is 14.5 Å². The van der Waals surface area contributed by atoms with E-state index in [1.165, 1.54) is 15.6 Å². The SMILES string of the molecule is O=C1OC2(OC1=O)[C@H](O)CCN2CCOCCc1ccc2sccc2c1. The number of esters is 2. The Morgan fingerprint density at radius 2 is 2.04 bits per heavy atom. The Morgan fingerprint density at radius 1 is 1.23 bits per heavy atom. The topological polar surface area (TPSA) is 85.3 Å². The Bertz CT molecular complexity index is 818. The average molecular weight is 377 g/mol. The van der Waals surface area contributed by atoms with E-state index in [9.17, 15) is 14.7 Å². The smallest absolute Gasteiger partial charge is 0.397 e. The molecule has 0 amide bonds. The van der Waals surface area contributed by atoms with Gasteiger partial charge in [0.15, 0.2) is 0 Å². The maximum Gasteiger partial charge on any atom is 0.422 e. The van der Waals surface area contributed by atoms with Gasteiger partial charge in [0, 0.05) is 17.8 Å². The fourth-order valence-corrected chi connectivity index (χ4v) is 4.14. The highest BCUT2D eigenvalue weighted by molar-refractivity contribution is 7.17. The van der Waals surface area contributed by atoms with Gasteiger partial charge in [0.05, 0.1) is 13.2 Å². The molecule has 2 aliphatic heterocycles.